The lowest BCUT2D eigenvalue weighted by Crippen LogP contribution is -2.46. The highest BCUT2D eigenvalue weighted by atomic mass is 35.5. The SMILES string of the molecule is C[C@@H]1CN(c2c(CO)cc3c(-c4cnccn4)noc3c2Cl)C[C@H](C)O1. The smallest absolute Gasteiger partial charge is 0.188 e. The summed E-state index contributed by atoms with van der Waals surface area (Å²) in [5, 5.41) is 15.2. The molecule has 1 aliphatic rings. The number of hydrogen-bond donors (Lipinski definition) is 1. The number of hydrogen-bond acceptors (Lipinski definition) is 7. The summed E-state index contributed by atoms with van der Waals surface area (Å²) in [6.45, 7) is 5.28. The van der Waals surface area contributed by atoms with Gasteiger partial charge in [-0.1, -0.05) is 16.8 Å². The predicted octanol–water partition coefficient (Wildman–Crippen LogP) is 3.04. The number of aromatic nitrogens is 3. The number of anilines is 1. The first kappa shape index (κ1) is 17.2. The lowest BCUT2D eigenvalue weighted by Gasteiger charge is -2.38. The number of rotatable bonds is 3. The molecule has 3 heterocycles. The molecule has 0 radical (unpaired) electrons. The van der Waals surface area contributed by atoms with Gasteiger partial charge in [0.05, 0.1) is 36.1 Å². The second-order valence-corrected chi connectivity index (χ2v) is 6.90. The van der Waals surface area contributed by atoms with Crippen molar-refractivity contribution in [1.82, 2.24) is 15.1 Å². The van der Waals surface area contributed by atoms with Crippen LogP contribution in [0.25, 0.3) is 22.4 Å². The summed E-state index contributed by atoms with van der Waals surface area (Å²) in [6, 6.07) is 1.86. The second-order valence-electron chi connectivity index (χ2n) is 6.52. The Hall–Kier alpha value is -2.22. The van der Waals surface area contributed by atoms with Crippen molar-refractivity contribution < 1.29 is 14.4 Å². The zero-order valence-corrected chi connectivity index (χ0v) is 15.3. The summed E-state index contributed by atoms with van der Waals surface area (Å²) in [4.78, 5) is 10.5. The second kappa shape index (κ2) is 6.83. The number of benzene rings is 1. The molecule has 0 aliphatic carbocycles. The van der Waals surface area contributed by atoms with Crippen LogP contribution in [0, 0.1) is 0 Å². The largest absolute Gasteiger partial charge is 0.392 e. The minimum Gasteiger partial charge on any atom is -0.392 e. The molecule has 7 nitrogen and oxygen atoms in total. The fourth-order valence-electron chi connectivity index (χ4n) is 3.51. The van der Waals surface area contributed by atoms with E-state index in [1.165, 1.54) is 0 Å². The van der Waals surface area contributed by atoms with Crippen LogP contribution in [0.1, 0.15) is 19.4 Å². The molecular weight excluding hydrogens is 356 g/mol. The lowest BCUT2D eigenvalue weighted by atomic mass is 10.1. The molecule has 1 aromatic carbocycles. The first-order chi connectivity index (χ1) is 12.6. The number of aliphatic hydroxyl groups excluding tert-OH is 1. The van der Waals surface area contributed by atoms with Gasteiger partial charge in [-0.25, -0.2) is 0 Å². The van der Waals surface area contributed by atoms with E-state index in [-0.39, 0.29) is 18.8 Å². The van der Waals surface area contributed by atoms with Gasteiger partial charge in [-0.3, -0.25) is 9.97 Å². The van der Waals surface area contributed by atoms with Crippen LogP contribution in [-0.2, 0) is 11.3 Å². The van der Waals surface area contributed by atoms with Gasteiger partial charge in [-0.2, -0.15) is 0 Å². The third-order valence-corrected chi connectivity index (χ3v) is 4.82. The maximum Gasteiger partial charge on any atom is 0.188 e. The van der Waals surface area contributed by atoms with Gasteiger partial charge in [-0.15, -0.1) is 0 Å². The van der Waals surface area contributed by atoms with E-state index in [0.29, 0.717) is 40.5 Å². The van der Waals surface area contributed by atoms with E-state index in [4.69, 9.17) is 20.9 Å². The zero-order valence-electron chi connectivity index (χ0n) is 14.5. The molecule has 8 heteroatoms. The van der Waals surface area contributed by atoms with E-state index in [0.717, 1.165) is 11.3 Å². The molecular formula is C18H19ClN4O3. The van der Waals surface area contributed by atoms with Crippen LogP contribution in [0.15, 0.2) is 29.2 Å². The monoisotopic (exact) mass is 374 g/mol. The molecule has 0 spiro atoms. The minimum atomic E-state index is -0.143. The topological polar surface area (TPSA) is 84.5 Å². The summed E-state index contributed by atoms with van der Waals surface area (Å²) in [7, 11) is 0. The van der Waals surface area contributed by atoms with E-state index in [1.54, 1.807) is 18.6 Å². The zero-order chi connectivity index (χ0) is 18.3. The molecule has 136 valence electrons. The lowest BCUT2D eigenvalue weighted by molar-refractivity contribution is -0.00531. The Bertz CT molecular complexity index is 921. The number of nitrogens with zero attached hydrogens (tertiary/aromatic N) is 4. The Balaban J connectivity index is 1.86. The van der Waals surface area contributed by atoms with Crippen molar-refractivity contribution in [3.63, 3.8) is 0 Å². The van der Waals surface area contributed by atoms with Crippen molar-refractivity contribution in [2.24, 2.45) is 0 Å². The molecule has 2 atom stereocenters. The molecule has 2 aromatic heterocycles. The number of halogens is 1. The minimum absolute atomic E-state index is 0.0712. The Morgan fingerprint density at radius 1 is 1.27 bits per heavy atom. The molecule has 1 N–H and O–H groups in total. The highest BCUT2D eigenvalue weighted by Crippen LogP contribution is 2.41. The Morgan fingerprint density at radius 2 is 2.04 bits per heavy atom. The van der Waals surface area contributed by atoms with Crippen LogP contribution in [0.4, 0.5) is 5.69 Å². The van der Waals surface area contributed by atoms with Gasteiger partial charge in [0.2, 0.25) is 0 Å². The number of fused-ring (bicyclic) bond motifs is 1. The van der Waals surface area contributed by atoms with Gasteiger partial charge in [0.25, 0.3) is 0 Å². The van der Waals surface area contributed by atoms with Gasteiger partial charge in [0, 0.05) is 31.0 Å². The van der Waals surface area contributed by atoms with Crippen molar-refractivity contribution in [1.29, 1.82) is 0 Å². The van der Waals surface area contributed by atoms with E-state index in [1.807, 2.05) is 19.9 Å². The molecule has 0 amide bonds. The average Bonchev–Trinajstić information content (AvgIpc) is 3.05. The Morgan fingerprint density at radius 3 is 2.69 bits per heavy atom. The van der Waals surface area contributed by atoms with Gasteiger partial charge in [0.15, 0.2) is 5.58 Å². The molecule has 1 fully saturated rings. The molecule has 1 saturated heterocycles. The van der Waals surface area contributed by atoms with E-state index in [9.17, 15) is 5.11 Å². The molecule has 0 saturated carbocycles. The van der Waals surface area contributed by atoms with E-state index in [2.05, 4.69) is 20.0 Å². The summed E-state index contributed by atoms with van der Waals surface area (Å²) < 4.78 is 11.3. The van der Waals surface area contributed by atoms with Crippen molar-refractivity contribution in [2.45, 2.75) is 32.7 Å². The Kier molecular flexibility index (Phi) is 4.52. The van der Waals surface area contributed by atoms with Gasteiger partial charge < -0.3 is 19.3 Å². The first-order valence-corrected chi connectivity index (χ1v) is 8.84. The fourth-order valence-corrected chi connectivity index (χ4v) is 3.89. The summed E-state index contributed by atoms with van der Waals surface area (Å²) >= 11 is 6.69. The van der Waals surface area contributed by atoms with Crippen molar-refractivity contribution in [2.75, 3.05) is 18.0 Å². The van der Waals surface area contributed by atoms with Crippen LogP contribution < -0.4 is 4.90 Å². The molecule has 3 aromatic rings. The Labute approximate surface area is 155 Å². The first-order valence-electron chi connectivity index (χ1n) is 8.47. The normalized spacial score (nSPS) is 20.7. The van der Waals surface area contributed by atoms with E-state index < -0.39 is 0 Å². The number of aliphatic hydroxyl groups is 1. The molecule has 26 heavy (non-hydrogen) atoms. The highest BCUT2D eigenvalue weighted by Gasteiger charge is 2.28. The van der Waals surface area contributed by atoms with Gasteiger partial charge in [0.1, 0.15) is 16.4 Å². The van der Waals surface area contributed by atoms with Crippen LogP contribution in [0.3, 0.4) is 0 Å². The molecule has 0 unspecified atom stereocenters. The summed E-state index contributed by atoms with van der Waals surface area (Å²) in [5.41, 5.74) is 3.11. The van der Waals surface area contributed by atoms with Gasteiger partial charge in [-0.05, 0) is 19.9 Å². The predicted molar refractivity (Wildman–Crippen MR) is 98.2 cm³/mol. The quantitative estimate of drug-likeness (QED) is 0.754. The van der Waals surface area contributed by atoms with Crippen LogP contribution in [-0.4, -0.2) is 45.5 Å². The summed E-state index contributed by atoms with van der Waals surface area (Å²) in [6.07, 6.45) is 4.94. The number of ether oxygens (including phenoxy) is 1. The van der Waals surface area contributed by atoms with Crippen molar-refractivity contribution in [3.05, 3.63) is 35.2 Å². The van der Waals surface area contributed by atoms with Crippen molar-refractivity contribution in [3.8, 4) is 11.4 Å². The number of morpholine rings is 1. The third-order valence-electron chi connectivity index (χ3n) is 4.47. The summed E-state index contributed by atoms with van der Waals surface area (Å²) in [5.74, 6) is 0. The average molecular weight is 375 g/mol. The highest BCUT2D eigenvalue weighted by molar-refractivity contribution is 6.38. The maximum absolute atomic E-state index is 9.97. The van der Waals surface area contributed by atoms with Gasteiger partial charge >= 0.3 is 0 Å². The molecule has 4 rings (SSSR count). The third kappa shape index (κ3) is 2.92. The van der Waals surface area contributed by atoms with E-state index >= 15 is 0 Å². The van der Waals surface area contributed by atoms with Crippen LogP contribution >= 0.6 is 11.6 Å². The van der Waals surface area contributed by atoms with Crippen LogP contribution in [0.2, 0.25) is 5.02 Å². The molecule has 1 aliphatic heterocycles. The standard InChI is InChI=1S/C18H19ClN4O3/c1-10-7-23(8-11(2)25-10)17-12(9-24)5-13-16(14-6-20-3-4-21-14)22-26-18(13)15(17)19/h3-6,10-11,24H,7-9H2,1-2H3/t10-,11+. The van der Waals surface area contributed by atoms with Crippen molar-refractivity contribution >= 4 is 28.3 Å². The molecule has 0 bridgehead atoms. The fraction of sp³-hybridized carbons (Fsp3) is 0.389. The maximum atomic E-state index is 9.97. The van der Waals surface area contributed by atoms with Crippen LogP contribution in [0.5, 0.6) is 0 Å².